The zero-order chi connectivity index (χ0) is 4.50. The van der Waals surface area contributed by atoms with Crippen molar-refractivity contribution >= 4 is 7.82 Å². The summed E-state index contributed by atoms with van der Waals surface area (Å²) in [7, 11) is -4.64. The van der Waals surface area contributed by atoms with E-state index in [1.54, 1.807) is 0 Å². The quantitative estimate of drug-likeness (QED) is 0.409. The number of rotatable bonds is 0. The third kappa shape index (κ3) is 188. The van der Waals surface area contributed by atoms with Gasteiger partial charge in [0.15, 0.2) is 0 Å². The Kier molecular flexibility index (Phi) is 11.4. The van der Waals surface area contributed by atoms with Gasteiger partial charge < -0.3 is 20.2 Å². The molecule has 0 saturated heterocycles. The molecule has 0 amide bonds. The maximum absolute atomic E-state index is 8.88. The van der Waals surface area contributed by atoms with Crippen molar-refractivity contribution < 1.29 is 50.9 Å². The fourth-order valence-corrected chi connectivity index (χ4v) is 0. The standard InChI is InChI=1S/H3O4P.H2O.Zr/c1-5(2,3)4;;/h(H3,1,2,3,4);1H2;. The predicted molar refractivity (Wildman–Crippen MR) is 17.9 cm³/mol. The Morgan fingerprint density at radius 2 is 1.14 bits per heavy atom. The average Bonchev–Trinajstić information content (AvgIpc) is 0.722. The molecule has 5 N–H and O–H groups in total. The molecule has 7 heteroatoms. The number of hydrogen-bond acceptors (Lipinski definition) is 1. The SMILES string of the molecule is O.O=P(O)(O)O.[Zr]. The summed E-state index contributed by atoms with van der Waals surface area (Å²) in [4.78, 5) is 21.6. The smallest absolute Gasteiger partial charge is 0.412 e. The average molecular weight is 207 g/mol. The summed E-state index contributed by atoms with van der Waals surface area (Å²) in [5, 5.41) is 0. The normalized spacial score (nSPS) is 8.43. The second-order valence-corrected chi connectivity index (χ2v) is 1.54. The Balaban J connectivity index is -0.0000000800. The Morgan fingerprint density at radius 1 is 1.14 bits per heavy atom. The molecule has 0 bridgehead atoms. The van der Waals surface area contributed by atoms with Crippen LogP contribution in [0.15, 0.2) is 0 Å². The zero-order valence-electron chi connectivity index (χ0n) is 3.20. The largest absolute Gasteiger partial charge is 0.466 e. The topological polar surface area (TPSA) is 109 Å². The van der Waals surface area contributed by atoms with Gasteiger partial charge in [0.25, 0.3) is 0 Å². The molecule has 0 unspecified atom stereocenters. The van der Waals surface area contributed by atoms with E-state index in [9.17, 15) is 0 Å². The van der Waals surface area contributed by atoms with Gasteiger partial charge in [0.2, 0.25) is 0 Å². The number of phosphoric acid groups is 1. The van der Waals surface area contributed by atoms with Gasteiger partial charge in [-0.15, -0.1) is 0 Å². The van der Waals surface area contributed by atoms with E-state index in [-0.39, 0.29) is 31.7 Å². The molecule has 44 valence electrons. The molecule has 0 atom stereocenters. The first-order chi connectivity index (χ1) is 2.00. The van der Waals surface area contributed by atoms with Gasteiger partial charge in [0, 0.05) is 26.2 Å². The van der Waals surface area contributed by atoms with Crippen LogP contribution in [0.5, 0.6) is 0 Å². The Morgan fingerprint density at radius 3 is 1.14 bits per heavy atom. The molecular weight excluding hydrogens is 202 g/mol. The maximum Gasteiger partial charge on any atom is 0.466 e. The van der Waals surface area contributed by atoms with Crippen LogP contribution in [0.1, 0.15) is 0 Å². The molecule has 0 aliphatic heterocycles. The van der Waals surface area contributed by atoms with Crippen molar-refractivity contribution in [2.45, 2.75) is 0 Å². The molecule has 0 aliphatic rings. The van der Waals surface area contributed by atoms with E-state index >= 15 is 0 Å². The first-order valence-electron chi connectivity index (χ1n) is 0.783. The van der Waals surface area contributed by atoms with E-state index in [2.05, 4.69) is 0 Å². The molecule has 0 spiro atoms. The first kappa shape index (κ1) is 15.7. The summed E-state index contributed by atoms with van der Waals surface area (Å²) >= 11 is 0. The van der Waals surface area contributed by atoms with Crippen molar-refractivity contribution in [3.05, 3.63) is 0 Å². The van der Waals surface area contributed by atoms with E-state index in [1.807, 2.05) is 0 Å². The van der Waals surface area contributed by atoms with Gasteiger partial charge in [-0.25, -0.2) is 4.57 Å². The van der Waals surface area contributed by atoms with E-state index in [4.69, 9.17) is 19.2 Å². The summed E-state index contributed by atoms with van der Waals surface area (Å²) in [6.07, 6.45) is 0. The molecule has 0 radical (unpaired) electrons. The predicted octanol–water partition coefficient (Wildman–Crippen LogP) is -1.76. The molecule has 0 aromatic heterocycles. The van der Waals surface area contributed by atoms with Crippen molar-refractivity contribution in [2.75, 3.05) is 0 Å². The molecule has 0 aromatic carbocycles. The van der Waals surface area contributed by atoms with Gasteiger partial charge in [-0.05, 0) is 0 Å². The van der Waals surface area contributed by atoms with Gasteiger partial charge >= 0.3 is 7.82 Å². The van der Waals surface area contributed by atoms with E-state index < -0.39 is 7.82 Å². The summed E-state index contributed by atoms with van der Waals surface area (Å²) in [6, 6.07) is 0. The fraction of sp³-hybridized carbons (Fsp3) is 0. The van der Waals surface area contributed by atoms with Crippen molar-refractivity contribution in [2.24, 2.45) is 0 Å². The molecular formula is H5O5PZr. The molecule has 0 aliphatic carbocycles. The van der Waals surface area contributed by atoms with E-state index in [1.165, 1.54) is 0 Å². The minimum atomic E-state index is -4.64. The van der Waals surface area contributed by atoms with Gasteiger partial charge in [-0.2, -0.15) is 0 Å². The number of hydrogen-bond donors (Lipinski definition) is 3. The zero-order valence-corrected chi connectivity index (χ0v) is 6.55. The molecule has 0 rings (SSSR count). The van der Waals surface area contributed by atoms with E-state index in [0.29, 0.717) is 0 Å². The fourth-order valence-electron chi connectivity index (χ4n) is 0. The third-order valence-corrected chi connectivity index (χ3v) is 0. The van der Waals surface area contributed by atoms with Gasteiger partial charge in [-0.1, -0.05) is 0 Å². The van der Waals surface area contributed by atoms with Crippen LogP contribution in [0.25, 0.3) is 0 Å². The Hall–Kier alpha value is 0.953. The van der Waals surface area contributed by atoms with Gasteiger partial charge in [-0.3, -0.25) is 0 Å². The molecule has 0 heterocycles. The monoisotopic (exact) mass is 206 g/mol. The van der Waals surface area contributed by atoms with Crippen LogP contribution in [0.4, 0.5) is 0 Å². The summed E-state index contributed by atoms with van der Waals surface area (Å²) in [6.45, 7) is 0. The second-order valence-electron chi connectivity index (χ2n) is 0.513. The summed E-state index contributed by atoms with van der Waals surface area (Å²) in [5.74, 6) is 0. The Bertz CT molecular complexity index is 54.2. The first-order valence-corrected chi connectivity index (χ1v) is 2.35. The van der Waals surface area contributed by atoms with Gasteiger partial charge in [0.05, 0.1) is 0 Å². The third-order valence-electron chi connectivity index (χ3n) is 0. The maximum atomic E-state index is 8.88. The molecule has 0 aromatic rings. The van der Waals surface area contributed by atoms with Crippen LogP contribution < -0.4 is 0 Å². The van der Waals surface area contributed by atoms with Crippen LogP contribution in [-0.4, -0.2) is 20.2 Å². The van der Waals surface area contributed by atoms with Crippen LogP contribution in [0.2, 0.25) is 0 Å². The van der Waals surface area contributed by atoms with Crippen molar-refractivity contribution in [3.8, 4) is 0 Å². The van der Waals surface area contributed by atoms with Crippen LogP contribution in [-0.2, 0) is 30.8 Å². The minimum absolute atomic E-state index is 0. The second kappa shape index (κ2) is 5.10. The Labute approximate surface area is 59.0 Å². The minimum Gasteiger partial charge on any atom is -0.412 e. The van der Waals surface area contributed by atoms with Crippen molar-refractivity contribution in [1.82, 2.24) is 0 Å². The molecule has 0 fully saturated rings. The van der Waals surface area contributed by atoms with Crippen molar-refractivity contribution in [1.29, 1.82) is 0 Å². The van der Waals surface area contributed by atoms with Crippen LogP contribution >= 0.6 is 7.82 Å². The van der Waals surface area contributed by atoms with Gasteiger partial charge in [0.1, 0.15) is 0 Å². The molecule has 7 heavy (non-hydrogen) atoms. The molecule has 5 nitrogen and oxygen atoms in total. The van der Waals surface area contributed by atoms with Crippen molar-refractivity contribution in [3.63, 3.8) is 0 Å². The molecule has 0 saturated carbocycles. The van der Waals surface area contributed by atoms with E-state index in [0.717, 1.165) is 0 Å². The summed E-state index contributed by atoms with van der Waals surface area (Å²) in [5.41, 5.74) is 0. The summed E-state index contributed by atoms with van der Waals surface area (Å²) < 4.78 is 8.88. The van der Waals surface area contributed by atoms with Crippen LogP contribution in [0, 0.1) is 0 Å². The van der Waals surface area contributed by atoms with Crippen LogP contribution in [0.3, 0.4) is 0 Å².